The molecule has 58 valence electrons. The topological polar surface area (TPSA) is 33.0 Å². The molecule has 0 aliphatic rings. The van der Waals surface area contributed by atoms with Gasteiger partial charge in [-0.05, 0) is 12.1 Å². The Morgan fingerprint density at radius 3 is 2.09 bits per heavy atom. The van der Waals surface area contributed by atoms with Crippen LogP contribution >= 0.6 is 0 Å². The van der Waals surface area contributed by atoms with Crippen molar-refractivity contribution in [3.8, 4) is 11.2 Å². The maximum atomic E-state index is 7.13. The second kappa shape index (κ2) is 6.84. The van der Waals surface area contributed by atoms with Gasteiger partial charge in [0.2, 0.25) is 0 Å². The van der Waals surface area contributed by atoms with Crippen LogP contribution in [0.25, 0.3) is 0 Å². The van der Waals surface area contributed by atoms with Gasteiger partial charge in [0, 0.05) is 0 Å². The van der Waals surface area contributed by atoms with Crippen LogP contribution in [0.3, 0.4) is 0 Å². The standard InChI is InChI=1S/C7H8O.CHNS/c1-8-7-5-3-2-4-6-7;2-1-3/h2-6H,1H3;3H/p-1. The van der Waals surface area contributed by atoms with Gasteiger partial charge in [-0.25, -0.2) is 5.26 Å². The molecule has 1 aromatic rings. The lowest BCUT2D eigenvalue weighted by Gasteiger charge is -1.93. The molecule has 0 N–H and O–H groups in total. The van der Waals surface area contributed by atoms with Gasteiger partial charge in [-0.15, -0.1) is 0 Å². The summed E-state index contributed by atoms with van der Waals surface area (Å²) < 4.78 is 4.91. The molecule has 0 unspecified atom stereocenters. The fraction of sp³-hybridized carbons (Fsp3) is 0.125. The van der Waals surface area contributed by atoms with E-state index < -0.39 is 0 Å². The summed E-state index contributed by atoms with van der Waals surface area (Å²) in [7, 11) is 1.66. The molecule has 0 aliphatic heterocycles. The third kappa shape index (κ3) is 5.19. The minimum absolute atomic E-state index is 0.910. The number of benzene rings is 1. The van der Waals surface area contributed by atoms with Crippen molar-refractivity contribution in [1.29, 1.82) is 5.26 Å². The second-order valence-electron chi connectivity index (χ2n) is 1.61. The molecule has 1 aromatic carbocycles. The normalized spacial score (nSPS) is 6.91. The Morgan fingerprint density at radius 2 is 1.82 bits per heavy atom. The third-order valence-corrected chi connectivity index (χ3v) is 0.979. The van der Waals surface area contributed by atoms with Gasteiger partial charge in [-0.3, -0.25) is 0 Å². The van der Waals surface area contributed by atoms with E-state index in [0.29, 0.717) is 0 Å². The van der Waals surface area contributed by atoms with Crippen molar-refractivity contribution in [1.82, 2.24) is 0 Å². The Labute approximate surface area is 71.8 Å². The van der Waals surface area contributed by atoms with Crippen LogP contribution in [0.5, 0.6) is 5.75 Å². The van der Waals surface area contributed by atoms with Crippen LogP contribution in [0.2, 0.25) is 0 Å². The smallest absolute Gasteiger partial charge is 0.118 e. The number of thiocyanates is 1. The lowest BCUT2D eigenvalue weighted by Crippen LogP contribution is -1.78. The molecule has 0 spiro atoms. The highest BCUT2D eigenvalue weighted by molar-refractivity contribution is 7.64. The molecule has 3 heteroatoms. The molecular weight excluding hydrogens is 158 g/mol. The maximum Gasteiger partial charge on any atom is 0.118 e. The fourth-order valence-corrected chi connectivity index (χ4v) is 0.557. The van der Waals surface area contributed by atoms with Crippen LogP contribution < -0.4 is 4.74 Å². The molecule has 1 rings (SSSR count). The van der Waals surface area contributed by atoms with E-state index in [9.17, 15) is 0 Å². The van der Waals surface area contributed by atoms with Crippen molar-refractivity contribution in [2.75, 3.05) is 7.11 Å². The number of para-hydroxylation sites is 1. The zero-order valence-electron chi connectivity index (χ0n) is 6.15. The molecule has 0 aromatic heterocycles. The monoisotopic (exact) mass is 166 g/mol. The van der Waals surface area contributed by atoms with E-state index in [1.165, 1.54) is 5.40 Å². The molecule has 0 amide bonds. The van der Waals surface area contributed by atoms with Crippen LogP contribution in [-0.4, -0.2) is 7.11 Å². The van der Waals surface area contributed by atoms with Crippen molar-refractivity contribution < 1.29 is 4.74 Å². The minimum atomic E-state index is 0.910. The third-order valence-electron chi connectivity index (χ3n) is 0.979. The van der Waals surface area contributed by atoms with Crippen molar-refractivity contribution in [2.24, 2.45) is 0 Å². The molecule has 0 aliphatic carbocycles. The van der Waals surface area contributed by atoms with E-state index in [-0.39, 0.29) is 0 Å². The van der Waals surface area contributed by atoms with Crippen molar-refractivity contribution in [3.63, 3.8) is 0 Å². The summed E-state index contributed by atoms with van der Waals surface area (Å²) >= 11 is 3.70. The Kier molecular flexibility index (Phi) is 6.05. The molecule has 0 saturated carbocycles. The van der Waals surface area contributed by atoms with E-state index in [1.54, 1.807) is 7.11 Å². The summed E-state index contributed by atoms with van der Waals surface area (Å²) in [6.45, 7) is 0. The van der Waals surface area contributed by atoms with E-state index in [4.69, 9.17) is 10.00 Å². The van der Waals surface area contributed by atoms with Gasteiger partial charge in [0.25, 0.3) is 0 Å². The summed E-state index contributed by atoms with van der Waals surface area (Å²) in [6, 6.07) is 9.68. The van der Waals surface area contributed by atoms with Gasteiger partial charge in [0.1, 0.15) is 5.75 Å². The Morgan fingerprint density at radius 1 is 1.36 bits per heavy atom. The Balaban J connectivity index is 0.000000292. The van der Waals surface area contributed by atoms with Gasteiger partial charge < -0.3 is 17.4 Å². The lowest BCUT2D eigenvalue weighted by atomic mass is 10.3. The number of ether oxygens (including phenoxy) is 1. The van der Waals surface area contributed by atoms with Crippen LogP contribution in [0.15, 0.2) is 30.3 Å². The zero-order valence-corrected chi connectivity index (χ0v) is 6.97. The minimum Gasteiger partial charge on any atom is -0.696 e. The maximum absolute atomic E-state index is 7.13. The number of hydrogen-bond donors (Lipinski definition) is 0. The first-order valence-electron chi connectivity index (χ1n) is 2.95. The molecule has 2 nitrogen and oxygen atoms in total. The molecule has 0 saturated heterocycles. The average Bonchev–Trinajstić information content (AvgIpc) is 2.08. The molecule has 11 heavy (non-hydrogen) atoms. The van der Waals surface area contributed by atoms with Crippen LogP contribution in [-0.2, 0) is 12.6 Å². The first-order chi connectivity index (χ1) is 5.35. The second-order valence-corrected chi connectivity index (χ2v) is 1.79. The summed E-state index contributed by atoms with van der Waals surface area (Å²) in [4.78, 5) is 0. The summed E-state index contributed by atoms with van der Waals surface area (Å²) in [5.41, 5.74) is 0. The highest BCUT2D eigenvalue weighted by Crippen LogP contribution is 2.05. The number of methoxy groups -OCH3 is 1. The predicted octanol–water partition coefficient (Wildman–Crippen LogP) is 1.71. The Hall–Kier alpha value is -1.27. The van der Waals surface area contributed by atoms with E-state index in [1.807, 2.05) is 30.3 Å². The molecule has 0 atom stereocenters. The number of rotatable bonds is 1. The number of hydrogen-bond acceptors (Lipinski definition) is 3. The van der Waals surface area contributed by atoms with E-state index >= 15 is 0 Å². The SMILES string of the molecule is COc1ccccc1.N#C[S-]. The number of nitrogens with zero attached hydrogens (tertiary/aromatic N) is 1. The predicted molar refractivity (Wildman–Crippen MR) is 46.0 cm³/mol. The van der Waals surface area contributed by atoms with Crippen LogP contribution in [0, 0.1) is 10.7 Å². The van der Waals surface area contributed by atoms with Gasteiger partial charge in [0.05, 0.1) is 7.11 Å². The average molecular weight is 166 g/mol. The summed E-state index contributed by atoms with van der Waals surface area (Å²) in [6.07, 6.45) is 0. The molecule has 0 bridgehead atoms. The molecule has 0 heterocycles. The van der Waals surface area contributed by atoms with Crippen LogP contribution in [0.4, 0.5) is 0 Å². The van der Waals surface area contributed by atoms with Crippen molar-refractivity contribution >= 4 is 12.6 Å². The summed E-state index contributed by atoms with van der Waals surface area (Å²) in [5, 5.41) is 8.47. The first kappa shape index (κ1) is 9.73. The molecule has 0 fully saturated rings. The fourth-order valence-electron chi connectivity index (χ4n) is 0.557. The highest BCUT2D eigenvalue weighted by Gasteiger charge is 1.80. The van der Waals surface area contributed by atoms with Gasteiger partial charge in [-0.1, -0.05) is 23.6 Å². The van der Waals surface area contributed by atoms with Crippen molar-refractivity contribution in [3.05, 3.63) is 30.3 Å². The van der Waals surface area contributed by atoms with E-state index in [0.717, 1.165) is 5.75 Å². The number of nitriles is 1. The molecular formula is C8H8NOS-. The quantitative estimate of drug-likeness (QED) is 0.470. The lowest BCUT2D eigenvalue weighted by molar-refractivity contribution is 0.415. The van der Waals surface area contributed by atoms with Gasteiger partial charge in [-0.2, -0.15) is 0 Å². The highest BCUT2D eigenvalue weighted by atomic mass is 32.1. The zero-order chi connectivity index (χ0) is 8.53. The van der Waals surface area contributed by atoms with Gasteiger partial charge in [0.15, 0.2) is 0 Å². The summed E-state index contributed by atoms with van der Waals surface area (Å²) in [5.74, 6) is 0.910. The first-order valence-corrected chi connectivity index (χ1v) is 3.36. The molecule has 0 radical (unpaired) electrons. The van der Waals surface area contributed by atoms with E-state index in [2.05, 4.69) is 12.6 Å². The van der Waals surface area contributed by atoms with Crippen LogP contribution in [0.1, 0.15) is 0 Å². The van der Waals surface area contributed by atoms with Crippen molar-refractivity contribution in [2.45, 2.75) is 0 Å². The van der Waals surface area contributed by atoms with Gasteiger partial charge >= 0.3 is 0 Å². The largest absolute Gasteiger partial charge is 0.696 e. The Bertz CT molecular complexity index is 217.